The van der Waals surface area contributed by atoms with Crippen LogP contribution in [0.2, 0.25) is 0 Å². The summed E-state index contributed by atoms with van der Waals surface area (Å²) in [5, 5.41) is -0.390. The molecule has 10 nitrogen and oxygen atoms in total. The lowest BCUT2D eigenvalue weighted by Crippen LogP contribution is -2.36. The Labute approximate surface area is 307 Å². The lowest BCUT2D eigenvalue weighted by atomic mass is 9.82. The minimum Gasteiger partial charge on any atom is -0.444 e. The molecule has 0 spiro atoms. The molecule has 4 atom stereocenters. The van der Waals surface area contributed by atoms with Crippen LogP contribution < -0.4 is 0 Å². The van der Waals surface area contributed by atoms with Crippen molar-refractivity contribution in [3.8, 4) is 33.6 Å². The number of amides is 2. The van der Waals surface area contributed by atoms with Crippen LogP contribution in [0, 0.1) is 0 Å². The van der Waals surface area contributed by atoms with Crippen LogP contribution in [-0.2, 0) is 9.47 Å². The summed E-state index contributed by atoms with van der Waals surface area (Å²) < 4.78 is 11.4. The number of hydrogen-bond acceptors (Lipinski definition) is 8. The van der Waals surface area contributed by atoms with Crippen molar-refractivity contribution < 1.29 is 19.1 Å². The molecule has 4 heterocycles. The van der Waals surface area contributed by atoms with Crippen molar-refractivity contribution in [2.75, 3.05) is 24.6 Å². The van der Waals surface area contributed by atoms with Crippen molar-refractivity contribution in [3.63, 3.8) is 0 Å². The van der Waals surface area contributed by atoms with E-state index >= 15 is 0 Å². The number of carbonyl (C=O) groups is 2. The van der Waals surface area contributed by atoms with E-state index in [0.29, 0.717) is 24.9 Å². The fraction of sp³-hybridized carbons (Fsp3) is 0.487. The molecule has 2 N–H and O–H groups in total. The van der Waals surface area contributed by atoms with Crippen LogP contribution in [-0.4, -0.2) is 77.7 Å². The molecule has 2 bridgehead atoms. The van der Waals surface area contributed by atoms with Crippen LogP contribution in [0.5, 0.6) is 0 Å². The molecule has 2 amide bonds. The summed E-state index contributed by atoms with van der Waals surface area (Å²) in [4.78, 5) is 46.0. The van der Waals surface area contributed by atoms with Gasteiger partial charge < -0.3 is 19.4 Å². The average Bonchev–Trinajstić information content (AvgIpc) is 3.93. The molecule has 2 saturated heterocycles. The van der Waals surface area contributed by atoms with Gasteiger partial charge in [0.2, 0.25) is 0 Å². The zero-order valence-electron chi connectivity index (χ0n) is 30.1. The number of thioether (sulfide) groups is 2. The number of aromatic nitrogens is 4. The maximum atomic E-state index is 13.0. The monoisotopic (exact) mass is 726 g/mol. The van der Waals surface area contributed by atoms with Crippen molar-refractivity contribution >= 4 is 35.7 Å². The van der Waals surface area contributed by atoms with E-state index in [0.717, 1.165) is 40.1 Å². The van der Waals surface area contributed by atoms with Gasteiger partial charge in [0, 0.05) is 30.2 Å². The minimum absolute atomic E-state index is 0.192. The summed E-state index contributed by atoms with van der Waals surface area (Å²) in [6.07, 6.45) is 6.82. The van der Waals surface area contributed by atoms with Crippen LogP contribution in [0.1, 0.15) is 106 Å². The van der Waals surface area contributed by atoms with Crippen molar-refractivity contribution in [2.24, 2.45) is 0 Å². The molecule has 12 heteroatoms. The Balaban J connectivity index is 1.03. The average molecular weight is 727 g/mol. The number of aromatic amines is 2. The van der Waals surface area contributed by atoms with Gasteiger partial charge in [-0.25, -0.2) is 19.6 Å². The van der Waals surface area contributed by atoms with Gasteiger partial charge in [-0.05, 0) is 100 Å². The Morgan fingerprint density at radius 2 is 1.16 bits per heavy atom. The maximum absolute atomic E-state index is 13.0. The zero-order valence-corrected chi connectivity index (χ0v) is 31.7. The number of carbonyl (C=O) groups excluding carboxylic acids is 2. The normalized spacial score (nSPS) is 22.9. The Hall–Kier alpha value is -3.90. The van der Waals surface area contributed by atoms with Crippen LogP contribution in [0.4, 0.5) is 9.59 Å². The molecular weight excluding hydrogens is 681 g/mol. The van der Waals surface area contributed by atoms with Gasteiger partial charge in [0.1, 0.15) is 33.6 Å². The third kappa shape index (κ3) is 6.65. The highest BCUT2D eigenvalue weighted by atomic mass is 32.2. The van der Waals surface area contributed by atoms with Crippen molar-refractivity contribution in [1.29, 1.82) is 0 Å². The standard InChI is InChI=1S/C39H46N6O4S2/c1-38(2,3)48-36(46)44-15-17-50-34(44)32-40-20-28(42-32)23-9-7-22(8-10-23)26-13-14-27(31-25-12-11-24(19-25)30(26)31)29-21-41-33(43-29)35-45(16-18-51-35)37(47)49-39(4,5)6/h7-10,13-14,20-21,24-25,34-35H,11-12,15-19H2,1-6H3,(H,40,42)(H,41,43)/t24?,25?,34-,35-/m0/s1. The first-order valence-electron chi connectivity index (χ1n) is 17.9. The molecule has 4 aliphatic rings. The molecule has 2 aromatic carbocycles. The number of rotatable bonds is 5. The van der Waals surface area contributed by atoms with Gasteiger partial charge in [-0.3, -0.25) is 9.80 Å². The van der Waals surface area contributed by atoms with E-state index < -0.39 is 11.2 Å². The number of imidazole rings is 2. The molecule has 2 aliphatic carbocycles. The van der Waals surface area contributed by atoms with Crippen LogP contribution >= 0.6 is 23.5 Å². The second-order valence-corrected chi connectivity index (χ2v) is 18.3. The van der Waals surface area contributed by atoms with Crippen LogP contribution in [0.15, 0.2) is 48.8 Å². The predicted octanol–water partition coefficient (Wildman–Crippen LogP) is 9.46. The lowest BCUT2D eigenvalue weighted by molar-refractivity contribution is 0.0239. The summed E-state index contributed by atoms with van der Waals surface area (Å²) in [5.41, 5.74) is 8.54. The number of ether oxygens (including phenoxy) is 2. The van der Waals surface area contributed by atoms with Gasteiger partial charge in [0.15, 0.2) is 0 Å². The summed E-state index contributed by atoms with van der Waals surface area (Å²) in [6.45, 7) is 12.6. The van der Waals surface area contributed by atoms with Crippen LogP contribution in [0.25, 0.3) is 33.6 Å². The Morgan fingerprint density at radius 1 is 0.686 bits per heavy atom. The molecule has 2 aliphatic heterocycles. The number of benzene rings is 2. The quantitative estimate of drug-likeness (QED) is 0.209. The fourth-order valence-corrected chi connectivity index (χ4v) is 10.3. The van der Waals surface area contributed by atoms with Crippen molar-refractivity contribution in [1.82, 2.24) is 29.7 Å². The molecule has 2 aromatic heterocycles. The number of H-pyrrole nitrogens is 2. The van der Waals surface area contributed by atoms with E-state index in [9.17, 15) is 9.59 Å². The molecule has 0 radical (unpaired) electrons. The molecule has 268 valence electrons. The molecule has 8 rings (SSSR count). The van der Waals surface area contributed by atoms with E-state index in [4.69, 9.17) is 14.5 Å². The third-order valence-electron chi connectivity index (χ3n) is 10.0. The van der Waals surface area contributed by atoms with E-state index in [1.165, 1.54) is 47.1 Å². The van der Waals surface area contributed by atoms with Gasteiger partial charge in [0.25, 0.3) is 0 Å². The summed E-state index contributed by atoms with van der Waals surface area (Å²) in [5.74, 6) is 4.34. The summed E-state index contributed by atoms with van der Waals surface area (Å²) in [7, 11) is 0. The second-order valence-electron chi connectivity index (χ2n) is 15.9. The molecule has 1 saturated carbocycles. The van der Waals surface area contributed by atoms with Crippen LogP contribution in [0.3, 0.4) is 0 Å². The first kappa shape index (κ1) is 34.2. The van der Waals surface area contributed by atoms with E-state index in [1.54, 1.807) is 33.3 Å². The van der Waals surface area contributed by atoms with E-state index in [2.05, 4.69) is 51.4 Å². The highest BCUT2D eigenvalue weighted by molar-refractivity contribution is 8.00. The highest BCUT2D eigenvalue weighted by Gasteiger charge is 2.41. The SMILES string of the molecule is CC(C)(C)OC(=O)N1CCS[C@H]1c1ncc(-c2ccc(-c3ccc(-c4cnc([C@@H]5SCCN5C(=O)OC(C)(C)C)[nH]4)c4c3C3CCC4C3)cc2)[nH]1. The van der Waals surface area contributed by atoms with Crippen molar-refractivity contribution in [2.45, 2.75) is 94.6 Å². The van der Waals surface area contributed by atoms with E-state index in [1.807, 2.05) is 53.9 Å². The predicted molar refractivity (Wildman–Crippen MR) is 203 cm³/mol. The highest BCUT2D eigenvalue weighted by Crippen LogP contribution is 2.58. The third-order valence-corrected chi connectivity index (χ3v) is 12.5. The first-order valence-corrected chi connectivity index (χ1v) is 20.0. The van der Waals surface area contributed by atoms with Gasteiger partial charge in [-0.2, -0.15) is 0 Å². The molecule has 3 fully saturated rings. The second kappa shape index (κ2) is 12.9. The van der Waals surface area contributed by atoms with Crippen molar-refractivity contribution in [3.05, 3.63) is 71.6 Å². The van der Waals surface area contributed by atoms with Gasteiger partial charge in [0.05, 0.1) is 23.8 Å². The number of nitrogens with zero attached hydrogens (tertiary/aromatic N) is 4. The minimum atomic E-state index is -0.547. The Bertz CT molecular complexity index is 1960. The smallest absolute Gasteiger partial charge is 0.411 e. The van der Waals surface area contributed by atoms with Gasteiger partial charge in [-0.15, -0.1) is 23.5 Å². The number of nitrogens with one attached hydrogen (secondary N) is 2. The van der Waals surface area contributed by atoms with E-state index in [-0.39, 0.29) is 22.9 Å². The Morgan fingerprint density at radius 3 is 1.71 bits per heavy atom. The van der Waals surface area contributed by atoms with Gasteiger partial charge >= 0.3 is 12.2 Å². The first-order chi connectivity index (χ1) is 24.3. The molecule has 2 unspecified atom stereocenters. The number of hydrogen-bond donors (Lipinski definition) is 2. The molecule has 4 aromatic rings. The topological polar surface area (TPSA) is 116 Å². The van der Waals surface area contributed by atoms with Gasteiger partial charge in [-0.1, -0.05) is 36.4 Å². The molecular formula is C39H46N6O4S2. The summed E-state index contributed by atoms with van der Waals surface area (Å²) in [6, 6.07) is 13.3. The Kier molecular flexibility index (Phi) is 8.68. The lowest BCUT2D eigenvalue weighted by Gasteiger charge is -2.27. The number of fused-ring (bicyclic) bond motifs is 5. The largest absolute Gasteiger partial charge is 0.444 e. The maximum Gasteiger partial charge on any atom is 0.411 e. The molecule has 51 heavy (non-hydrogen) atoms. The zero-order chi connectivity index (χ0) is 35.7. The summed E-state index contributed by atoms with van der Waals surface area (Å²) >= 11 is 3.41. The fourth-order valence-electron chi connectivity index (χ4n) is 7.95.